The molecule has 0 saturated carbocycles. The molecule has 1 amide bonds. The van der Waals surface area contributed by atoms with Crippen molar-refractivity contribution in [2.75, 3.05) is 19.7 Å². The summed E-state index contributed by atoms with van der Waals surface area (Å²) in [5.41, 5.74) is 6.55. The summed E-state index contributed by atoms with van der Waals surface area (Å²) in [6, 6.07) is 7.64. The summed E-state index contributed by atoms with van der Waals surface area (Å²) in [6.07, 6.45) is 1.01. The molecule has 1 aromatic rings. The number of carbonyl (C=O) groups excluding carboxylic acids is 1. The Kier molecular flexibility index (Phi) is 5.21. The first-order valence-corrected chi connectivity index (χ1v) is 8.50. The molecule has 126 valence electrons. The summed E-state index contributed by atoms with van der Waals surface area (Å²) in [7, 11) is 0. The molecule has 0 aromatic heterocycles. The van der Waals surface area contributed by atoms with Crippen molar-refractivity contribution < 1.29 is 14.3 Å². The Balaban J connectivity index is 1.71. The zero-order chi connectivity index (χ0) is 16.4. The number of ether oxygens (including phenoxy) is 2. The highest BCUT2D eigenvalue weighted by Crippen LogP contribution is 2.31. The standard InChI is InChI=1S/C17H23ClN2O3/c1-11-10-22-16(13-4-2-3-5-14(13)18)9-20(11)17(21)15-7-6-12(8-19)23-15/h2-5,11-12,15-16H,6-10,19H2,1H3/t11?,12-,15+,16?/m1/s1. The van der Waals surface area contributed by atoms with E-state index in [2.05, 4.69) is 0 Å². The first-order valence-electron chi connectivity index (χ1n) is 8.12. The van der Waals surface area contributed by atoms with Crippen LogP contribution in [0.4, 0.5) is 0 Å². The molecule has 2 fully saturated rings. The van der Waals surface area contributed by atoms with E-state index in [-0.39, 0.29) is 30.3 Å². The van der Waals surface area contributed by atoms with Gasteiger partial charge in [0.1, 0.15) is 12.2 Å². The van der Waals surface area contributed by atoms with Crippen LogP contribution in [0.2, 0.25) is 5.02 Å². The third-order valence-corrected chi connectivity index (χ3v) is 4.96. The van der Waals surface area contributed by atoms with E-state index in [9.17, 15) is 4.79 Å². The summed E-state index contributed by atoms with van der Waals surface area (Å²) >= 11 is 6.26. The van der Waals surface area contributed by atoms with Gasteiger partial charge in [-0.05, 0) is 25.8 Å². The zero-order valence-electron chi connectivity index (χ0n) is 13.3. The van der Waals surface area contributed by atoms with Crippen LogP contribution < -0.4 is 5.73 Å². The van der Waals surface area contributed by atoms with Gasteiger partial charge in [0.15, 0.2) is 0 Å². The van der Waals surface area contributed by atoms with E-state index in [1.807, 2.05) is 36.1 Å². The van der Waals surface area contributed by atoms with Gasteiger partial charge >= 0.3 is 0 Å². The number of hydrogen-bond acceptors (Lipinski definition) is 4. The Morgan fingerprint density at radius 2 is 2.17 bits per heavy atom. The third kappa shape index (κ3) is 3.53. The van der Waals surface area contributed by atoms with Crippen molar-refractivity contribution in [3.8, 4) is 0 Å². The van der Waals surface area contributed by atoms with Crippen LogP contribution in [0.1, 0.15) is 31.4 Å². The van der Waals surface area contributed by atoms with Gasteiger partial charge in [0.25, 0.3) is 5.91 Å². The molecule has 2 N–H and O–H groups in total. The monoisotopic (exact) mass is 338 g/mol. The summed E-state index contributed by atoms with van der Waals surface area (Å²) in [5.74, 6) is 0.0359. The van der Waals surface area contributed by atoms with Gasteiger partial charge in [-0.2, -0.15) is 0 Å². The molecule has 2 heterocycles. The number of amides is 1. The fraction of sp³-hybridized carbons (Fsp3) is 0.588. The van der Waals surface area contributed by atoms with Crippen LogP contribution in [0.3, 0.4) is 0 Å². The maximum atomic E-state index is 12.8. The van der Waals surface area contributed by atoms with Gasteiger partial charge in [0, 0.05) is 17.1 Å². The van der Waals surface area contributed by atoms with Gasteiger partial charge in [-0.3, -0.25) is 4.79 Å². The zero-order valence-corrected chi connectivity index (χ0v) is 14.0. The lowest BCUT2D eigenvalue weighted by molar-refractivity contribution is -0.155. The normalized spacial score (nSPS) is 31.3. The number of benzene rings is 1. The molecular weight excluding hydrogens is 316 g/mol. The summed E-state index contributed by atoms with van der Waals surface area (Å²) in [5, 5.41) is 0.666. The van der Waals surface area contributed by atoms with Gasteiger partial charge in [0.05, 0.1) is 25.3 Å². The van der Waals surface area contributed by atoms with Gasteiger partial charge in [-0.15, -0.1) is 0 Å². The summed E-state index contributed by atoms with van der Waals surface area (Å²) < 4.78 is 11.7. The highest BCUT2D eigenvalue weighted by Gasteiger charge is 2.38. The number of nitrogens with zero attached hydrogens (tertiary/aromatic N) is 1. The minimum Gasteiger partial charge on any atom is -0.369 e. The van der Waals surface area contributed by atoms with Gasteiger partial charge in [-0.1, -0.05) is 29.8 Å². The quantitative estimate of drug-likeness (QED) is 0.917. The molecule has 2 aliphatic heterocycles. The van der Waals surface area contributed by atoms with E-state index in [0.29, 0.717) is 24.7 Å². The molecule has 0 spiro atoms. The lowest BCUT2D eigenvalue weighted by atomic mass is 10.0. The Morgan fingerprint density at radius 1 is 1.39 bits per heavy atom. The third-order valence-electron chi connectivity index (χ3n) is 4.61. The highest BCUT2D eigenvalue weighted by molar-refractivity contribution is 6.31. The van der Waals surface area contributed by atoms with E-state index in [1.54, 1.807) is 0 Å². The molecule has 2 aliphatic rings. The van der Waals surface area contributed by atoms with Crippen molar-refractivity contribution in [2.24, 2.45) is 5.73 Å². The predicted octanol–water partition coefficient (Wildman–Crippen LogP) is 2.13. The van der Waals surface area contributed by atoms with Crippen LogP contribution in [-0.2, 0) is 14.3 Å². The Hall–Kier alpha value is -1.14. The fourth-order valence-corrected chi connectivity index (χ4v) is 3.49. The van der Waals surface area contributed by atoms with Crippen molar-refractivity contribution >= 4 is 17.5 Å². The average molecular weight is 339 g/mol. The van der Waals surface area contributed by atoms with Crippen LogP contribution in [0, 0.1) is 0 Å². The number of morpholine rings is 1. The lowest BCUT2D eigenvalue weighted by Crippen LogP contribution is -2.51. The van der Waals surface area contributed by atoms with Crippen molar-refractivity contribution in [1.82, 2.24) is 4.90 Å². The van der Waals surface area contributed by atoms with Crippen LogP contribution in [0.25, 0.3) is 0 Å². The molecule has 3 rings (SSSR count). The van der Waals surface area contributed by atoms with E-state index >= 15 is 0 Å². The van der Waals surface area contributed by atoms with Crippen LogP contribution in [0.5, 0.6) is 0 Å². The molecule has 1 aromatic carbocycles. The van der Waals surface area contributed by atoms with E-state index < -0.39 is 0 Å². The molecule has 2 saturated heterocycles. The molecule has 0 radical (unpaired) electrons. The molecule has 23 heavy (non-hydrogen) atoms. The van der Waals surface area contributed by atoms with Crippen molar-refractivity contribution in [3.05, 3.63) is 34.9 Å². The second kappa shape index (κ2) is 7.18. The first kappa shape index (κ1) is 16.7. The number of rotatable bonds is 3. The lowest BCUT2D eigenvalue weighted by Gasteiger charge is -2.39. The molecule has 0 bridgehead atoms. The second-order valence-electron chi connectivity index (χ2n) is 6.24. The Labute approximate surface area is 141 Å². The predicted molar refractivity (Wildman–Crippen MR) is 88.3 cm³/mol. The molecule has 4 atom stereocenters. The fourth-order valence-electron chi connectivity index (χ4n) is 3.23. The van der Waals surface area contributed by atoms with Gasteiger partial charge in [0.2, 0.25) is 0 Å². The number of halogens is 1. The second-order valence-corrected chi connectivity index (χ2v) is 6.65. The number of nitrogens with two attached hydrogens (primary N) is 1. The minimum absolute atomic E-state index is 0.000314. The molecule has 0 aliphatic carbocycles. The summed E-state index contributed by atoms with van der Waals surface area (Å²) in [4.78, 5) is 14.7. The van der Waals surface area contributed by atoms with E-state index in [4.69, 9.17) is 26.8 Å². The average Bonchev–Trinajstić information content (AvgIpc) is 3.04. The molecular formula is C17H23ClN2O3. The largest absolute Gasteiger partial charge is 0.369 e. The minimum atomic E-state index is -0.379. The maximum absolute atomic E-state index is 12.8. The highest BCUT2D eigenvalue weighted by atomic mass is 35.5. The van der Waals surface area contributed by atoms with E-state index in [0.717, 1.165) is 18.4 Å². The smallest absolute Gasteiger partial charge is 0.252 e. The van der Waals surface area contributed by atoms with Crippen molar-refractivity contribution in [2.45, 2.75) is 44.1 Å². The number of hydrogen-bond donors (Lipinski definition) is 1. The number of carbonyl (C=O) groups is 1. The summed E-state index contributed by atoms with van der Waals surface area (Å²) in [6.45, 7) is 3.45. The first-order chi connectivity index (χ1) is 11.1. The van der Waals surface area contributed by atoms with Crippen molar-refractivity contribution in [1.29, 1.82) is 0 Å². The Morgan fingerprint density at radius 3 is 2.87 bits per heavy atom. The molecule has 5 nitrogen and oxygen atoms in total. The topological polar surface area (TPSA) is 64.8 Å². The van der Waals surface area contributed by atoms with Gasteiger partial charge < -0.3 is 20.1 Å². The maximum Gasteiger partial charge on any atom is 0.252 e. The van der Waals surface area contributed by atoms with Crippen LogP contribution in [0.15, 0.2) is 24.3 Å². The molecule has 6 heteroatoms. The molecule has 2 unspecified atom stereocenters. The van der Waals surface area contributed by atoms with E-state index in [1.165, 1.54) is 0 Å². The van der Waals surface area contributed by atoms with Crippen LogP contribution >= 0.6 is 11.6 Å². The van der Waals surface area contributed by atoms with Crippen LogP contribution in [-0.4, -0.2) is 48.8 Å². The Bertz CT molecular complexity index is 569. The van der Waals surface area contributed by atoms with Crippen molar-refractivity contribution in [3.63, 3.8) is 0 Å². The SMILES string of the molecule is CC1COC(c2ccccc2Cl)CN1C(=O)[C@@H]1CC[C@H](CN)O1. The van der Waals surface area contributed by atoms with Gasteiger partial charge in [-0.25, -0.2) is 0 Å².